The summed E-state index contributed by atoms with van der Waals surface area (Å²) in [6, 6.07) is 6.40. The Morgan fingerprint density at radius 2 is 2.11 bits per heavy atom. The molecule has 0 N–H and O–H groups in total. The molecule has 0 fully saturated rings. The summed E-state index contributed by atoms with van der Waals surface area (Å²) in [5.41, 5.74) is 2.47. The highest BCUT2D eigenvalue weighted by Gasteiger charge is 2.22. The molecule has 1 heterocycles. The van der Waals surface area contributed by atoms with Gasteiger partial charge in [-0.3, -0.25) is 0 Å². The van der Waals surface area contributed by atoms with Crippen molar-refractivity contribution in [3.05, 3.63) is 27.6 Å². The van der Waals surface area contributed by atoms with Crippen molar-refractivity contribution in [1.29, 1.82) is 0 Å². The Kier molecular flexibility index (Phi) is 4.45. The molecule has 0 aliphatic carbocycles. The lowest BCUT2D eigenvalue weighted by molar-refractivity contribution is 0.294. The number of aromatic nitrogens is 2. The molecule has 1 unspecified atom stereocenters. The van der Waals surface area contributed by atoms with Gasteiger partial charge in [0.05, 0.1) is 16.4 Å². The molecule has 104 valence electrons. The zero-order valence-corrected chi connectivity index (χ0v) is 14.8. The number of benzene rings is 1. The largest absolute Gasteiger partial charge is 0.326 e. The summed E-state index contributed by atoms with van der Waals surface area (Å²) in [5, 5.41) is -0.0716. The summed E-state index contributed by atoms with van der Waals surface area (Å²) in [4.78, 5) is 4.72. The first-order valence-electron chi connectivity index (χ1n) is 6.64. The van der Waals surface area contributed by atoms with Gasteiger partial charge in [-0.2, -0.15) is 0 Å². The van der Waals surface area contributed by atoms with Crippen LogP contribution in [0.3, 0.4) is 0 Å². The molecule has 0 radical (unpaired) electrons. The van der Waals surface area contributed by atoms with Crippen molar-refractivity contribution in [1.82, 2.24) is 9.55 Å². The molecular formula is C15H20ClIN2. The van der Waals surface area contributed by atoms with Crippen LogP contribution >= 0.6 is 34.2 Å². The maximum Gasteiger partial charge on any atom is 0.127 e. The van der Waals surface area contributed by atoms with E-state index in [-0.39, 0.29) is 10.8 Å². The van der Waals surface area contributed by atoms with Gasteiger partial charge in [0.1, 0.15) is 5.82 Å². The van der Waals surface area contributed by atoms with Gasteiger partial charge in [-0.05, 0) is 59.5 Å². The van der Waals surface area contributed by atoms with Crippen molar-refractivity contribution in [2.45, 2.75) is 46.0 Å². The van der Waals surface area contributed by atoms with Gasteiger partial charge in [0.25, 0.3) is 0 Å². The number of fused-ring (bicyclic) bond motifs is 1. The molecule has 2 rings (SSSR count). The Bertz CT molecular complexity index is 587. The molecule has 0 amide bonds. The Labute approximate surface area is 133 Å². The maximum atomic E-state index is 6.31. The zero-order chi connectivity index (χ0) is 14.2. The van der Waals surface area contributed by atoms with Crippen molar-refractivity contribution in [2.24, 2.45) is 5.41 Å². The van der Waals surface area contributed by atoms with E-state index in [4.69, 9.17) is 16.6 Å². The molecule has 1 atom stereocenters. The van der Waals surface area contributed by atoms with Crippen molar-refractivity contribution in [2.75, 3.05) is 0 Å². The van der Waals surface area contributed by atoms with E-state index >= 15 is 0 Å². The van der Waals surface area contributed by atoms with Gasteiger partial charge in [-0.25, -0.2) is 4.98 Å². The van der Waals surface area contributed by atoms with Crippen LogP contribution in [-0.2, 0) is 6.54 Å². The minimum Gasteiger partial charge on any atom is -0.326 e. The van der Waals surface area contributed by atoms with Crippen LogP contribution in [0.5, 0.6) is 0 Å². The molecule has 0 saturated carbocycles. The molecular weight excluding hydrogens is 371 g/mol. The van der Waals surface area contributed by atoms with Crippen LogP contribution in [0.25, 0.3) is 11.0 Å². The summed E-state index contributed by atoms with van der Waals surface area (Å²) in [6.45, 7) is 9.74. The molecule has 0 aliphatic rings. The highest BCUT2D eigenvalue weighted by atomic mass is 127. The van der Waals surface area contributed by atoms with Crippen LogP contribution in [0, 0.1) is 8.99 Å². The third kappa shape index (κ3) is 3.24. The molecule has 0 spiro atoms. The van der Waals surface area contributed by atoms with E-state index in [0.29, 0.717) is 0 Å². The lowest BCUT2D eigenvalue weighted by Crippen LogP contribution is -2.20. The first kappa shape index (κ1) is 15.1. The van der Waals surface area contributed by atoms with E-state index in [2.05, 4.69) is 66.1 Å². The van der Waals surface area contributed by atoms with Crippen LogP contribution in [0.2, 0.25) is 0 Å². The Morgan fingerprint density at radius 1 is 1.42 bits per heavy atom. The number of nitrogens with zero attached hydrogens (tertiary/aromatic N) is 2. The predicted molar refractivity (Wildman–Crippen MR) is 90.8 cm³/mol. The number of halogens is 2. The first-order chi connectivity index (χ1) is 8.84. The lowest BCUT2D eigenvalue weighted by atomic mass is 9.90. The fourth-order valence-electron chi connectivity index (χ4n) is 2.13. The zero-order valence-electron chi connectivity index (χ0n) is 11.9. The van der Waals surface area contributed by atoms with Gasteiger partial charge in [-0.15, -0.1) is 11.6 Å². The van der Waals surface area contributed by atoms with Crippen LogP contribution in [-0.4, -0.2) is 9.55 Å². The molecule has 19 heavy (non-hydrogen) atoms. The Hall–Kier alpha value is -0.290. The van der Waals surface area contributed by atoms with E-state index in [1.165, 1.54) is 9.09 Å². The fourth-order valence-corrected chi connectivity index (χ4v) is 2.77. The van der Waals surface area contributed by atoms with E-state index in [0.717, 1.165) is 24.3 Å². The summed E-state index contributed by atoms with van der Waals surface area (Å²) in [7, 11) is 0. The summed E-state index contributed by atoms with van der Waals surface area (Å²) < 4.78 is 3.49. The smallest absolute Gasteiger partial charge is 0.127 e. The van der Waals surface area contributed by atoms with Crippen molar-refractivity contribution >= 4 is 45.2 Å². The molecule has 1 aromatic heterocycles. The van der Waals surface area contributed by atoms with E-state index in [1.54, 1.807) is 0 Å². The van der Waals surface area contributed by atoms with Gasteiger partial charge < -0.3 is 4.57 Å². The number of rotatable bonds is 4. The van der Waals surface area contributed by atoms with E-state index < -0.39 is 0 Å². The molecule has 0 saturated heterocycles. The average molecular weight is 391 g/mol. The normalized spacial score (nSPS) is 14.0. The second-order valence-electron chi connectivity index (χ2n) is 5.82. The van der Waals surface area contributed by atoms with Crippen molar-refractivity contribution in [3.8, 4) is 0 Å². The van der Waals surface area contributed by atoms with Crippen LogP contribution < -0.4 is 0 Å². The standard InChI is InChI=1S/C15H20ClIN2/c1-5-15(3,4)9-19-13-7-6-11(17)8-12(13)18-14(19)10(2)16/h6-8,10H,5,9H2,1-4H3. The molecule has 4 heteroatoms. The summed E-state index contributed by atoms with van der Waals surface area (Å²) in [5.74, 6) is 0.972. The monoisotopic (exact) mass is 390 g/mol. The first-order valence-corrected chi connectivity index (χ1v) is 8.15. The number of alkyl halides is 1. The van der Waals surface area contributed by atoms with E-state index in [1.807, 2.05) is 6.92 Å². The molecule has 1 aromatic carbocycles. The third-order valence-electron chi connectivity index (χ3n) is 3.64. The van der Waals surface area contributed by atoms with Gasteiger partial charge in [0.2, 0.25) is 0 Å². The minimum absolute atomic E-state index is 0.0716. The second-order valence-corrected chi connectivity index (χ2v) is 7.72. The molecule has 2 nitrogen and oxygen atoms in total. The van der Waals surface area contributed by atoms with Gasteiger partial charge in [0, 0.05) is 10.1 Å². The lowest BCUT2D eigenvalue weighted by Gasteiger charge is -2.25. The topological polar surface area (TPSA) is 17.8 Å². The number of hydrogen-bond acceptors (Lipinski definition) is 1. The van der Waals surface area contributed by atoms with Gasteiger partial charge >= 0.3 is 0 Å². The fraction of sp³-hybridized carbons (Fsp3) is 0.533. The number of hydrogen-bond donors (Lipinski definition) is 0. The average Bonchev–Trinajstić information content (AvgIpc) is 2.67. The second kappa shape index (κ2) is 5.60. The molecule has 0 aliphatic heterocycles. The van der Waals surface area contributed by atoms with Gasteiger partial charge in [0.15, 0.2) is 0 Å². The van der Waals surface area contributed by atoms with Gasteiger partial charge in [-0.1, -0.05) is 20.8 Å². The Balaban J connectivity index is 2.59. The third-order valence-corrected chi connectivity index (χ3v) is 4.51. The Morgan fingerprint density at radius 3 is 2.68 bits per heavy atom. The quantitative estimate of drug-likeness (QED) is 0.506. The summed E-state index contributed by atoms with van der Waals surface area (Å²) in [6.07, 6.45) is 1.13. The highest BCUT2D eigenvalue weighted by molar-refractivity contribution is 14.1. The van der Waals surface area contributed by atoms with Crippen LogP contribution in [0.15, 0.2) is 18.2 Å². The van der Waals surface area contributed by atoms with Crippen LogP contribution in [0.4, 0.5) is 0 Å². The summed E-state index contributed by atoms with van der Waals surface area (Å²) >= 11 is 8.63. The molecule has 0 bridgehead atoms. The van der Waals surface area contributed by atoms with Crippen LogP contribution in [0.1, 0.15) is 45.3 Å². The highest BCUT2D eigenvalue weighted by Crippen LogP contribution is 2.30. The number of imidazole rings is 1. The van der Waals surface area contributed by atoms with E-state index in [9.17, 15) is 0 Å². The predicted octanol–water partition coefficient (Wildman–Crippen LogP) is 5.38. The van der Waals surface area contributed by atoms with Crippen molar-refractivity contribution in [3.63, 3.8) is 0 Å². The maximum absolute atomic E-state index is 6.31. The SMILES string of the molecule is CCC(C)(C)Cn1c(C(C)Cl)nc2cc(I)ccc21. The van der Waals surface area contributed by atoms with Crippen molar-refractivity contribution < 1.29 is 0 Å². The molecule has 2 aromatic rings. The minimum atomic E-state index is -0.0716.